The second kappa shape index (κ2) is 3.01. The lowest BCUT2D eigenvalue weighted by atomic mass is 9.98. The fourth-order valence-corrected chi connectivity index (χ4v) is 1.44. The molecule has 2 rings (SSSR count). The third-order valence-corrected chi connectivity index (χ3v) is 2.08. The van der Waals surface area contributed by atoms with Crippen LogP contribution in [-0.4, -0.2) is 6.29 Å². The monoisotopic (exact) mass is 177 g/mol. The van der Waals surface area contributed by atoms with Crippen molar-refractivity contribution < 1.29 is 9.18 Å². The molecule has 0 amide bonds. The number of carbonyl (C=O) groups is 1. The molecule has 1 aliphatic heterocycles. The van der Waals surface area contributed by atoms with E-state index in [9.17, 15) is 9.18 Å². The second-order valence-corrected chi connectivity index (χ2v) is 2.86. The zero-order valence-electron chi connectivity index (χ0n) is 6.83. The number of hydrogen-bond donors (Lipinski definition) is 1. The van der Waals surface area contributed by atoms with Crippen LogP contribution in [0.3, 0.4) is 0 Å². The van der Waals surface area contributed by atoms with Gasteiger partial charge in [0.1, 0.15) is 18.1 Å². The van der Waals surface area contributed by atoms with Crippen LogP contribution in [0.4, 0.5) is 4.39 Å². The second-order valence-electron chi connectivity index (χ2n) is 2.86. The highest BCUT2D eigenvalue weighted by molar-refractivity contribution is 5.69. The van der Waals surface area contributed by atoms with Gasteiger partial charge in [-0.2, -0.15) is 0 Å². The largest absolute Gasteiger partial charge is 0.378 e. The summed E-state index contributed by atoms with van der Waals surface area (Å²) in [5.41, 5.74) is 1.19. The fourth-order valence-electron chi connectivity index (χ4n) is 1.44. The summed E-state index contributed by atoms with van der Waals surface area (Å²) >= 11 is 0. The van der Waals surface area contributed by atoms with Crippen molar-refractivity contribution >= 4 is 12.4 Å². The maximum absolute atomic E-state index is 13.2. The summed E-state index contributed by atoms with van der Waals surface area (Å²) in [7, 11) is 0. The Balaban J connectivity index is 2.59. The molecular weight excluding hydrogens is 169 g/mol. The van der Waals surface area contributed by atoms with E-state index in [4.69, 9.17) is 0 Å². The predicted octanol–water partition coefficient (Wildman–Crippen LogP) is 1.64. The molecule has 0 saturated heterocycles. The molecule has 66 valence electrons. The lowest BCUT2D eigenvalue weighted by Gasteiger charge is -2.18. The van der Waals surface area contributed by atoms with Gasteiger partial charge in [0.15, 0.2) is 0 Å². The third kappa shape index (κ3) is 1.22. The van der Waals surface area contributed by atoms with E-state index >= 15 is 0 Å². The van der Waals surface area contributed by atoms with Gasteiger partial charge in [-0.1, -0.05) is 12.1 Å². The van der Waals surface area contributed by atoms with E-state index < -0.39 is 6.04 Å². The van der Waals surface area contributed by atoms with E-state index in [1.807, 2.05) is 0 Å². The summed E-state index contributed by atoms with van der Waals surface area (Å²) in [6.07, 6.45) is 3.98. The van der Waals surface area contributed by atoms with Crippen molar-refractivity contribution in [2.24, 2.45) is 0 Å². The van der Waals surface area contributed by atoms with Gasteiger partial charge in [0.05, 0.1) is 0 Å². The lowest BCUT2D eigenvalue weighted by Crippen LogP contribution is -2.21. The van der Waals surface area contributed by atoms with Gasteiger partial charge in [-0.3, -0.25) is 0 Å². The molecule has 1 aromatic carbocycles. The molecular formula is C10H8FNO. The molecule has 0 fully saturated rings. The Labute approximate surface area is 75.1 Å². The Morgan fingerprint density at radius 3 is 3.08 bits per heavy atom. The van der Waals surface area contributed by atoms with Crippen LogP contribution in [-0.2, 0) is 4.79 Å². The summed E-state index contributed by atoms with van der Waals surface area (Å²) in [5, 5.41) is 2.84. The SMILES string of the molecule is O=CC1NC=Cc2c(F)cccc21. The van der Waals surface area contributed by atoms with Gasteiger partial charge in [-0.15, -0.1) is 0 Å². The minimum Gasteiger partial charge on any atom is -0.378 e. The van der Waals surface area contributed by atoms with Crippen LogP contribution < -0.4 is 5.32 Å². The summed E-state index contributed by atoms with van der Waals surface area (Å²) in [5.74, 6) is -0.290. The van der Waals surface area contributed by atoms with E-state index in [1.54, 1.807) is 24.4 Å². The van der Waals surface area contributed by atoms with Crippen LogP contribution in [0.25, 0.3) is 6.08 Å². The van der Waals surface area contributed by atoms with Crippen molar-refractivity contribution in [2.75, 3.05) is 0 Å². The first-order chi connectivity index (χ1) is 6.33. The normalized spacial score (nSPS) is 19.0. The Hall–Kier alpha value is -1.64. The van der Waals surface area contributed by atoms with Gasteiger partial charge in [-0.05, 0) is 23.9 Å². The molecule has 1 unspecified atom stereocenters. The molecule has 0 saturated carbocycles. The average molecular weight is 177 g/mol. The van der Waals surface area contributed by atoms with Crippen molar-refractivity contribution in [3.8, 4) is 0 Å². The number of benzene rings is 1. The Bertz CT molecular complexity index is 373. The molecule has 13 heavy (non-hydrogen) atoms. The molecule has 1 N–H and O–H groups in total. The van der Waals surface area contributed by atoms with Crippen molar-refractivity contribution in [1.29, 1.82) is 0 Å². The summed E-state index contributed by atoms with van der Waals surface area (Å²) in [4.78, 5) is 10.6. The molecule has 0 bridgehead atoms. The summed E-state index contributed by atoms with van der Waals surface area (Å²) in [6.45, 7) is 0. The number of hydrogen-bond acceptors (Lipinski definition) is 2. The van der Waals surface area contributed by atoms with Gasteiger partial charge in [-0.25, -0.2) is 4.39 Å². The molecule has 0 aromatic heterocycles. The lowest BCUT2D eigenvalue weighted by molar-refractivity contribution is -0.109. The van der Waals surface area contributed by atoms with Crippen LogP contribution >= 0.6 is 0 Å². The van der Waals surface area contributed by atoms with Gasteiger partial charge in [0.2, 0.25) is 0 Å². The Morgan fingerprint density at radius 1 is 1.46 bits per heavy atom. The number of fused-ring (bicyclic) bond motifs is 1. The standard InChI is InChI=1S/C10H8FNO/c11-9-3-1-2-8-7(9)4-5-12-10(8)6-13/h1-6,10,12H. The number of carbonyl (C=O) groups excluding carboxylic acids is 1. The maximum Gasteiger partial charge on any atom is 0.146 e. The van der Waals surface area contributed by atoms with E-state index in [1.165, 1.54) is 6.07 Å². The van der Waals surface area contributed by atoms with Crippen LogP contribution in [0.15, 0.2) is 24.4 Å². The molecule has 1 aliphatic rings. The predicted molar refractivity (Wildman–Crippen MR) is 47.4 cm³/mol. The molecule has 2 nitrogen and oxygen atoms in total. The van der Waals surface area contributed by atoms with E-state index in [0.29, 0.717) is 11.1 Å². The Morgan fingerprint density at radius 2 is 2.31 bits per heavy atom. The molecule has 1 heterocycles. The van der Waals surface area contributed by atoms with Crippen molar-refractivity contribution in [3.05, 3.63) is 41.3 Å². The number of halogens is 1. The maximum atomic E-state index is 13.2. The van der Waals surface area contributed by atoms with Gasteiger partial charge in [0, 0.05) is 5.56 Å². The van der Waals surface area contributed by atoms with Crippen LogP contribution in [0.5, 0.6) is 0 Å². The fraction of sp³-hybridized carbons (Fsp3) is 0.100. The first-order valence-electron chi connectivity index (χ1n) is 3.99. The van der Waals surface area contributed by atoms with Gasteiger partial charge >= 0.3 is 0 Å². The quantitative estimate of drug-likeness (QED) is 0.661. The van der Waals surface area contributed by atoms with Crippen LogP contribution in [0, 0.1) is 5.82 Å². The number of nitrogens with one attached hydrogen (secondary N) is 1. The minimum absolute atomic E-state index is 0.290. The zero-order valence-corrected chi connectivity index (χ0v) is 6.83. The highest BCUT2D eigenvalue weighted by Crippen LogP contribution is 2.23. The van der Waals surface area contributed by atoms with E-state index in [2.05, 4.69) is 5.32 Å². The van der Waals surface area contributed by atoms with Crippen molar-refractivity contribution in [1.82, 2.24) is 5.32 Å². The highest BCUT2D eigenvalue weighted by atomic mass is 19.1. The average Bonchev–Trinajstić information content (AvgIpc) is 2.18. The highest BCUT2D eigenvalue weighted by Gasteiger charge is 2.17. The molecule has 3 heteroatoms. The van der Waals surface area contributed by atoms with Gasteiger partial charge in [0.25, 0.3) is 0 Å². The molecule has 1 aromatic rings. The van der Waals surface area contributed by atoms with Gasteiger partial charge < -0.3 is 10.1 Å². The minimum atomic E-state index is -0.421. The smallest absolute Gasteiger partial charge is 0.146 e. The number of rotatable bonds is 1. The molecule has 1 atom stereocenters. The first-order valence-corrected chi connectivity index (χ1v) is 3.99. The van der Waals surface area contributed by atoms with Crippen molar-refractivity contribution in [3.63, 3.8) is 0 Å². The summed E-state index contributed by atoms with van der Waals surface area (Å²) < 4.78 is 13.2. The van der Waals surface area contributed by atoms with Crippen molar-refractivity contribution in [2.45, 2.75) is 6.04 Å². The molecule has 0 aliphatic carbocycles. The molecule has 0 spiro atoms. The molecule has 0 radical (unpaired) electrons. The first kappa shape index (κ1) is 7.98. The van der Waals surface area contributed by atoms with Crippen LogP contribution in [0.2, 0.25) is 0 Å². The topological polar surface area (TPSA) is 29.1 Å². The Kier molecular flexibility index (Phi) is 1.85. The third-order valence-electron chi connectivity index (χ3n) is 2.08. The number of aldehydes is 1. The van der Waals surface area contributed by atoms with E-state index in [0.717, 1.165) is 6.29 Å². The summed E-state index contributed by atoms with van der Waals surface area (Å²) in [6, 6.07) is 4.31. The van der Waals surface area contributed by atoms with Crippen LogP contribution in [0.1, 0.15) is 17.2 Å². The van der Waals surface area contributed by atoms with E-state index in [-0.39, 0.29) is 5.82 Å². The zero-order chi connectivity index (χ0) is 9.26.